The third-order valence-corrected chi connectivity index (χ3v) is 2.95. The van der Waals surface area contributed by atoms with E-state index in [9.17, 15) is 13.2 Å². The van der Waals surface area contributed by atoms with Crippen molar-refractivity contribution in [1.82, 2.24) is 0 Å². The van der Waals surface area contributed by atoms with Crippen molar-refractivity contribution in [3.05, 3.63) is 0 Å². The van der Waals surface area contributed by atoms with Crippen molar-refractivity contribution in [2.75, 3.05) is 6.61 Å². The van der Waals surface area contributed by atoms with Gasteiger partial charge in [-0.15, -0.1) is 0 Å². The Morgan fingerprint density at radius 2 is 1.83 bits per heavy atom. The molecule has 0 heterocycles. The van der Waals surface area contributed by atoms with Crippen LogP contribution in [-0.2, 0) is 0 Å². The van der Waals surface area contributed by atoms with E-state index in [0.717, 1.165) is 0 Å². The number of aliphatic hydroxyl groups excluding tert-OH is 1. The molecule has 7 heteroatoms. The fourth-order valence-corrected chi connectivity index (χ4v) is 1.44. The van der Waals surface area contributed by atoms with Crippen LogP contribution in [0.1, 0.15) is 6.42 Å². The molecule has 0 saturated carbocycles. The van der Waals surface area contributed by atoms with Gasteiger partial charge in [0.15, 0.2) is 0 Å². The third-order valence-electron chi connectivity index (χ3n) is 1.09. The molecule has 0 aliphatic rings. The van der Waals surface area contributed by atoms with Gasteiger partial charge in [-0.1, -0.05) is 27.5 Å². The average molecular weight is 334 g/mol. The Labute approximate surface area is 89.5 Å². The van der Waals surface area contributed by atoms with E-state index in [1.807, 2.05) is 15.9 Å². The summed E-state index contributed by atoms with van der Waals surface area (Å²) in [5.41, 5.74) is 0. The summed E-state index contributed by atoms with van der Waals surface area (Å²) in [5.74, 6) is 0. The molecule has 0 rings (SSSR count). The van der Waals surface area contributed by atoms with Gasteiger partial charge in [0.2, 0.25) is 0 Å². The molecule has 0 aliphatic heterocycles. The summed E-state index contributed by atoms with van der Waals surface area (Å²) in [6.07, 6.45) is -0.691. The third kappa shape index (κ3) is 3.81. The first-order valence-corrected chi connectivity index (χ1v) is 4.99. The molecule has 0 spiro atoms. The number of rotatable bonds is 4. The van der Waals surface area contributed by atoms with E-state index in [4.69, 9.17) is 16.7 Å². The lowest BCUT2D eigenvalue weighted by Gasteiger charge is -2.24. The molecule has 0 aromatic heterocycles. The molecule has 0 amide bonds. The first kappa shape index (κ1) is 13.0. The summed E-state index contributed by atoms with van der Waals surface area (Å²) in [7, 11) is 0. The molecule has 0 radical (unpaired) electrons. The largest absolute Gasteiger partial charge is 0.395 e. The van der Waals surface area contributed by atoms with Crippen LogP contribution in [0.4, 0.5) is 13.2 Å². The Hall–Kier alpha value is 1.000. The van der Waals surface area contributed by atoms with E-state index in [-0.39, 0.29) is 0 Å². The molecule has 2 atom stereocenters. The molecular formula is C5H6Br2ClF3O. The van der Waals surface area contributed by atoms with Gasteiger partial charge < -0.3 is 5.11 Å². The van der Waals surface area contributed by atoms with Gasteiger partial charge in [0.25, 0.3) is 5.13 Å². The zero-order valence-corrected chi connectivity index (χ0v) is 9.63. The maximum Gasteiger partial charge on any atom is 0.348 e. The molecule has 0 bridgehead atoms. The molecule has 0 aromatic carbocycles. The topological polar surface area (TPSA) is 20.2 Å². The van der Waals surface area contributed by atoms with Crippen molar-refractivity contribution < 1.29 is 18.3 Å². The van der Waals surface area contributed by atoms with Crippen molar-refractivity contribution in [2.45, 2.75) is 21.2 Å². The Kier molecular flexibility index (Phi) is 4.85. The molecule has 0 aromatic rings. The Morgan fingerprint density at radius 3 is 2.08 bits per heavy atom. The molecular weight excluding hydrogens is 328 g/mol. The SMILES string of the molecule is OCC(Br)CC(F)(Cl)C(F)(F)Br. The molecule has 0 fully saturated rings. The number of halogens is 6. The minimum Gasteiger partial charge on any atom is -0.395 e. The zero-order valence-electron chi connectivity index (χ0n) is 5.71. The molecule has 2 unspecified atom stereocenters. The predicted octanol–water partition coefficient (Wildman–Crippen LogP) is 3.02. The first-order chi connectivity index (χ1) is 5.20. The second kappa shape index (κ2) is 4.48. The summed E-state index contributed by atoms with van der Waals surface area (Å²) in [6, 6.07) is 0. The summed E-state index contributed by atoms with van der Waals surface area (Å²) in [5, 5.41) is 5.24. The van der Waals surface area contributed by atoms with Gasteiger partial charge in [0.1, 0.15) is 0 Å². The lowest BCUT2D eigenvalue weighted by molar-refractivity contribution is -0.0110. The van der Waals surface area contributed by atoms with Crippen molar-refractivity contribution in [2.24, 2.45) is 0 Å². The molecule has 0 saturated heterocycles. The van der Waals surface area contributed by atoms with E-state index < -0.39 is 27.8 Å². The van der Waals surface area contributed by atoms with Crippen LogP contribution in [0.25, 0.3) is 0 Å². The van der Waals surface area contributed by atoms with Crippen LogP contribution in [0.15, 0.2) is 0 Å². The van der Waals surface area contributed by atoms with Gasteiger partial charge in [-0.05, 0) is 15.9 Å². The summed E-state index contributed by atoms with van der Waals surface area (Å²) < 4.78 is 37.5. The maximum absolute atomic E-state index is 12.9. The van der Waals surface area contributed by atoms with E-state index in [0.29, 0.717) is 0 Å². The highest BCUT2D eigenvalue weighted by Crippen LogP contribution is 2.44. The smallest absolute Gasteiger partial charge is 0.348 e. The van der Waals surface area contributed by atoms with Crippen LogP contribution in [0.2, 0.25) is 0 Å². The Bertz CT molecular complexity index is 150. The predicted molar refractivity (Wildman–Crippen MR) is 48.0 cm³/mol. The lowest BCUT2D eigenvalue weighted by Crippen LogP contribution is -2.36. The van der Waals surface area contributed by atoms with Gasteiger partial charge >= 0.3 is 4.83 Å². The van der Waals surface area contributed by atoms with Gasteiger partial charge in [-0.25, -0.2) is 4.39 Å². The summed E-state index contributed by atoms with van der Waals surface area (Å²) in [6.45, 7) is -0.457. The average Bonchev–Trinajstić information content (AvgIpc) is 1.84. The van der Waals surface area contributed by atoms with Gasteiger partial charge in [-0.2, -0.15) is 8.78 Å². The first-order valence-electron chi connectivity index (χ1n) is 2.90. The van der Waals surface area contributed by atoms with Gasteiger partial charge in [0.05, 0.1) is 6.61 Å². The van der Waals surface area contributed by atoms with Gasteiger partial charge in [-0.3, -0.25) is 0 Å². The lowest BCUT2D eigenvalue weighted by atomic mass is 10.2. The monoisotopic (exact) mass is 332 g/mol. The van der Waals surface area contributed by atoms with Crippen molar-refractivity contribution in [1.29, 1.82) is 0 Å². The molecule has 1 nitrogen and oxygen atoms in total. The summed E-state index contributed by atoms with van der Waals surface area (Å²) in [4.78, 5) is -4.59. The summed E-state index contributed by atoms with van der Waals surface area (Å²) >= 11 is 9.47. The van der Waals surface area contributed by atoms with E-state index in [1.54, 1.807) is 0 Å². The number of aliphatic hydroxyl groups is 1. The Balaban J connectivity index is 4.22. The minimum absolute atomic E-state index is 0.457. The van der Waals surface area contributed by atoms with Crippen molar-refractivity contribution >= 4 is 43.5 Å². The van der Waals surface area contributed by atoms with Gasteiger partial charge in [0, 0.05) is 11.2 Å². The second-order valence-corrected chi connectivity index (χ2v) is 5.08. The van der Waals surface area contributed by atoms with Crippen molar-refractivity contribution in [3.63, 3.8) is 0 Å². The standard InChI is InChI=1S/C5H6Br2ClF3O/c6-3(2-12)1-4(8,9)5(7,10)11/h3,12H,1-2H2. The quantitative estimate of drug-likeness (QED) is 0.784. The van der Waals surface area contributed by atoms with E-state index in [2.05, 4.69) is 15.9 Å². The van der Waals surface area contributed by atoms with Crippen molar-refractivity contribution in [3.8, 4) is 0 Å². The Morgan fingerprint density at radius 1 is 1.42 bits per heavy atom. The minimum atomic E-state index is -3.80. The molecule has 1 N–H and O–H groups in total. The van der Waals surface area contributed by atoms with Crippen LogP contribution in [0.3, 0.4) is 0 Å². The van der Waals surface area contributed by atoms with Crippen LogP contribution in [0, 0.1) is 0 Å². The van der Waals surface area contributed by atoms with E-state index >= 15 is 0 Å². The number of alkyl halides is 6. The van der Waals surface area contributed by atoms with E-state index in [1.165, 1.54) is 0 Å². The van der Waals surface area contributed by atoms with Crippen LogP contribution in [0.5, 0.6) is 0 Å². The maximum atomic E-state index is 12.9. The highest BCUT2D eigenvalue weighted by atomic mass is 79.9. The molecule has 0 aliphatic carbocycles. The second-order valence-electron chi connectivity index (χ2n) is 2.19. The van der Waals surface area contributed by atoms with Crippen LogP contribution in [-0.4, -0.2) is 26.5 Å². The number of hydrogen-bond acceptors (Lipinski definition) is 1. The highest BCUT2D eigenvalue weighted by Gasteiger charge is 2.52. The fourth-order valence-electron chi connectivity index (χ4n) is 0.458. The van der Waals surface area contributed by atoms with Crippen LogP contribution < -0.4 is 0 Å². The van der Waals surface area contributed by atoms with Crippen LogP contribution >= 0.6 is 43.5 Å². The molecule has 12 heavy (non-hydrogen) atoms. The molecule has 74 valence electrons. The normalized spacial score (nSPS) is 20.2. The fraction of sp³-hybridized carbons (Fsp3) is 1.00. The zero-order chi connectivity index (χ0) is 9.99. The highest BCUT2D eigenvalue weighted by molar-refractivity contribution is 9.10. The number of hydrogen-bond donors (Lipinski definition) is 1.